The van der Waals surface area contributed by atoms with E-state index >= 15 is 0 Å². The van der Waals surface area contributed by atoms with E-state index in [9.17, 15) is 0 Å². The van der Waals surface area contributed by atoms with Crippen LogP contribution < -0.4 is 5.32 Å². The van der Waals surface area contributed by atoms with Crippen molar-refractivity contribution >= 4 is 31.9 Å². The second-order valence-electron chi connectivity index (χ2n) is 4.67. The van der Waals surface area contributed by atoms with Crippen molar-refractivity contribution in [3.63, 3.8) is 0 Å². The summed E-state index contributed by atoms with van der Waals surface area (Å²) in [5, 5.41) is 3.42. The van der Waals surface area contributed by atoms with Gasteiger partial charge >= 0.3 is 0 Å². The van der Waals surface area contributed by atoms with Crippen molar-refractivity contribution in [1.29, 1.82) is 0 Å². The maximum atomic E-state index is 3.55. The van der Waals surface area contributed by atoms with Crippen LogP contribution in [0.1, 0.15) is 22.7 Å². The van der Waals surface area contributed by atoms with Gasteiger partial charge in [0.05, 0.1) is 0 Å². The molecule has 1 N–H and O–H groups in total. The number of hydrogen-bond donors (Lipinski definition) is 1. The minimum Gasteiger partial charge on any atom is -0.313 e. The lowest BCUT2D eigenvalue weighted by Gasteiger charge is -2.19. The lowest BCUT2D eigenvalue weighted by molar-refractivity contribution is 0.588. The quantitative estimate of drug-likeness (QED) is 0.782. The Balaban J connectivity index is 2.24. The van der Waals surface area contributed by atoms with Gasteiger partial charge in [-0.1, -0.05) is 50.1 Å². The van der Waals surface area contributed by atoms with Gasteiger partial charge in [-0.3, -0.25) is 0 Å². The maximum absolute atomic E-state index is 3.55. The zero-order valence-corrected chi connectivity index (χ0v) is 14.3. The Kier molecular flexibility index (Phi) is 5.20. The standard InChI is InChI=1S/C16H17Br2N/c1-11-3-6-14(18)10-15(11)16(19-2)9-12-4-7-13(17)8-5-12/h3-8,10,16,19H,9H2,1-2H3. The van der Waals surface area contributed by atoms with Gasteiger partial charge < -0.3 is 5.32 Å². The molecular formula is C16H17Br2N. The summed E-state index contributed by atoms with van der Waals surface area (Å²) in [4.78, 5) is 0. The van der Waals surface area contributed by atoms with Crippen molar-refractivity contribution in [2.24, 2.45) is 0 Å². The van der Waals surface area contributed by atoms with Crippen LogP contribution in [0.3, 0.4) is 0 Å². The van der Waals surface area contributed by atoms with E-state index in [1.54, 1.807) is 0 Å². The molecule has 2 aromatic rings. The van der Waals surface area contributed by atoms with Gasteiger partial charge in [0.25, 0.3) is 0 Å². The SMILES string of the molecule is CNC(Cc1ccc(Br)cc1)c1cc(Br)ccc1C. The summed E-state index contributed by atoms with van der Waals surface area (Å²) in [6.45, 7) is 2.16. The Hall–Kier alpha value is -0.640. The molecule has 0 spiro atoms. The van der Waals surface area contributed by atoms with Gasteiger partial charge in [-0.2, -0.15) is 0 Å². The van der Waals surface area contributed by atoms with E-state index in [1.165, 1.54) is 16.7 Å². The van der Waals surface area contributed by atoms with Crippen molar-refractivity contribution in [3.05, 3.63) is 68.1 Å². The van der Waals surface area contributed by atoms with E-state index in [-0.39, 0.29) is 0 Å². The van der Waals surface area contributed by atoms with E-state index in [0.29, 0.717) is 6.04 Å². The predicted octanol–water partition coefficient (Wildman–Crippen LogP) is 5.02. The van der Waals surface area contributed by atoms with Crippen molar-refractivity contribution in [1.82, 2.24) is 5.32 Å². The number of halogens is 2. The second-order valence-corrected chi connectivity index (χ2v) is 6.50. The smallest absolute Gasteiger partial charge is 0.0361 e. The molecule has 1 nitrogen and oxygen atoms in total. The summed E-state index contributed by atoms with van der Waals surface area (Å²) >= 11 is 7.03. The van der Waals surface area contributed by atoms with Crippen LogP contribution in [-0.2, 0) is 6.42 Å². The van der Waals surface area contributed by atoms with Crippen LogP contribution in [0.15, 0.2) is 51.4 Å². The third-order valence-electron chi connectivity index (χ3n) is 3.32. The number of nitrogens with one attached hydrogen (secondary N) is 1. The van der Waals surface area contributed by atoms with Crippen molar-refractivity contribution in [2.45, 2.75) is 19.4 Å². The van der Waals surface area contributed by atoms with Gasteiger partial charge in [0.1, 0.15) is 0 Å². The maximum Gasteiger partial charge on any atom is 0.0361 e. The zero-order chi connectivity index (χ0) is 13.8. The molecule has 0 amide bonds. The molecule has 0 radical (unpaired) electrons. The van der Waals surface area contributed by atoms with E-state index in [0.717, 1.165) is 15.4 Å². The lowest BCUT2D eigenvalue weighted by Crippen LogP contribution is -2.19. The summed E-state index contributed by atoms with van der Waals surface area (Å²) in [6, 6.07) is 15.3. The summed E-state index contributed by atoms with van der Waals surface area (Å²) in [7, 11) is 2.02. The van der Waals surface area contributed by atoms with Crippen LogP contribution in [0.4, 0.5) is 0 Å². The second kappa shape index (κ2) is 6.69. The summed E-state index contributed by atoms with van der Waals surface area (Å²) in [6.07, 6.45) is 0.987. The molecule has 100 valence electrons. The first-order chi connectivity index (χ1) is 9.10. The Morgan fingerprint density at radius 1 is 1.00 bits per heavy atom. The first-order valence-electron chi connectivity index (χ1n) is 6.28. The van der Waals surface area contributed by atoms with Gasteiger partial charge in [0, 0.05) is 15.0 Å². The van der Waals surface area contributed by atoms with Crippen LogP contribution in [-0.4, -0.2) is 7.05 Å². The first-order valence-corrected chi connectivity index (χ1v) is 7.86. The molecule has 1 unspecified atom stereocenters. The number of likely N-dealkylation sites (N-methyl/N-ethyl adjacent to an activating group) is 1. The average molecular weight is 383 g/mol. The number of benzene rings is 2. The normalized spacial score (nSPS) is 12.4. The van der Waals surface area contributed by atoms with E-state index < -0.39 is 0 Å². The fourth-order valence-electron chi connectivity index (χ4n) is 2.21. The molecule has 0 saturated carbocycles. The molecule has 0 fully saturated rings. The zero-order valence-electron chi connectivity index (χ0n) is 11.1. The third kappa shape index (κ3) is 3.91. The van der Waals surface area contributed by atoms with Crippen LogP contribution in [0, 0.1) is 6.92 Å². The van der Waals surface area contributed by atoms with Crippen LogP contribution in [0.25, 0.3) is 0 Å². The number of aryl methyl sites for hydroxylation is 1. The summed E-state index contributed by atoms with van der Waals surface area (Å²) in [5.41, 5.74) is 4.00. The fourth-order valence-corrected chi connectivity index (χ4v) is 2.85. The van der Waals surface area contributed by atoms with Crippen molar-refractivity contribution in [2.75, 3.05) is 7.05 Å². The Morgan fingerprint density at radius 2 is 1.63 bits per heavy atom. The van der Waals surface area contributed by atoms with Crippen LogP contribution >= 0.6 is 31.9 Å². The van der Waals surface area contributed by atoms with Gasteiger partial charge in [0.15, 0.2) is 0 Å². The highest BCUT2D eigenvalue weighted by Gasteiger charge is 2.13. The molecule has 0 saturated heterocycles. The minimum atomic E-state index is 0.332. The lowest BCUT2D eigenvalue weighted by atomic mass is 9.95. The molecule has 0 aromatic heterocycles. The summed E-state index contributed by atoms with van der Waals surface area (Å²) in [5.74, 6) is 0. The van der Waals surface area contributed by atoms with Gasteiger partial charge in [-0.15, -0.1) is 0 Å². The Bertz CT molecular complexity index is 549. The van der Waals surface area contributed by atoms with Crippen LogP contribution in [0.5, 0.6) is 0 Å². The number of rotatable bonds is 4. The highest BCUT2D eigenvalue weighted by Crippen LogP contribution is 2.25. The van der Waals surface area contributed by atoms with Crippen LogP contribution in [0.2, 0.25) is 0 Å². The molecule has 0 bridgehead atoms. The topological polar surface area (TPSA) is 12.0 Å². The predicted molar refractivity (Wildman–Crippen MR) is 88.5 cm³/mol. The highest BCUT2D eigenvalue weighted by molar-refractivity contribution is 9.10. The average Bonchev–Trinajstić information content (AvgIpc) is 2.41. The molecule has 2 aromatic carbocycles. The van der Waals surface area contributed by atoms with E-state index in [4.69, 9.17) is 0 Å². The molecule has 0 aliphatic carbocycles. The third-order valence-corrected chi connectivity index (χ3v) is 4.34. The highest BCUT2D eigenvalue weighted by atomic mass is 79.9. The van der Waals surface area contributed by atoms with Gasteiger partial charge in [0.2, 0.25) is 0 Å². The molecule has 0 heterocycles. The Morgan fingerprint density at radius 3 is 2.26 bits per heavy atom. The van der Waals surface area contributed by atoms with E-state index in [1.807, 2.05) is 7.05 Å². The van der Waals surface area contributed by atoms with Gasteiger partial charge in [-0.25, -0.2) is 0 Å². The number of hydrogen-bond acceptors (Lipinski definition) is 1. The van der Waals surface area contributed by atoms with Crippen molar-refractivity contribution < 1.29 is 0 Å². The largest absolute Gasteiger partial charge is 0.313 e. The Labute approximate surface area is 131 Å². The minimum absolute atomic E-state index is 0.332. The monoisotopic (exact) mass is 381 g/mol. The molecule has 0 aliphatic heterocycles. The van der Waals surface area contributed by atoms with E-state index in [2.05, 4.69) is 86.6 Å². The van der Waals surface area contributed by atoms with Gasteiger partial charge in [-0.05, 0) is 61.3 Å². The molecule has 19 heavy (non-hydrogen) atoms. The molecule has 1 atom stereocenters. The molecule has 2 rings (SSSR count). The van der Waals surface area contributed by atoms with Crippen molar-refractivity contribution in [3.8, 4) is 0 Å². The molecule has 0 aliphatic rings. The fraction of sp³-hybridized carbons (Fsp3) is 0.250. The molecule has 3 heteroatoms. The molecular weight excluding hydrogens is 366 g/mol. The first kappa shape index (κ1) is 14.8. The summed E-state index contributed by atoms with van der Waals surface area (Å²) < 4.78 is 2.25.